The summed E-state index contributed by atoms with van der Waals surface area (Å²) in [7, 11) is 0. The Bertz CT molecular complexity index is 557. The number of fused-ring (bicyclic) bond motifs is 2. The van der Waals surface area contributed by atoms with Crippen LogP contribution in [0.2, 0.25) is 5.02 Å². The van der Waals surface area contributed by atoms with Gasteiger partial charge in [0.05, 0.1) is 24.7 Å². The number of ether oxygens (including phenoxy) is 2. The number of rotatable bonds is 3. The largest absolute Gasteiger partial charge is 0.493 e. The quantitative estimate of drug-likeness (QED) is 0.932. The van der Waals surface area contributed by atoms with Crippen molar-refractivity contribution >= 4 is 17.6 Å². The van der Waals surface area contributed by atoms with Crippen molar-refractivity contribution < 1.29 is 19.4 Å². The predicted molar refractivity (Wildman–Crippen MR) is 75.1 cm³/mol. The molecule has 0 saturated heterocycles. The van der Waals surface area contributed by atoms with E-state index in [1.165, 1.54) is 0 Å². The van der Waals surface area contributed by atoms with Gasteiger partial charge in [0.25, 0.3) is 0 Å². The summed E-state index contributed by atoms with van der Waals surface area (Å²) in [5, 5.41) is 9.80. The van der Waals surface area contributed by atoms with Crippen LogP contribution in [0.25, 0.3) is 0 Å². The highest BCUT2D eigenvalue weighted by molar-refractivity contribution is 6.33. The molecule has 2 aliphatic rings. The highest BCUT2D eigenvalue weighted by atomic mass is 35.5. The van der Waals surface area contributed by atoms with Crippen LogP contribution < -0.4 is 9.47 Å². The van der Waals surface area contributed by atoms with Crippen molar-refractivity contribution in [1.82, 2.24) is 0 Å². The Balaban J connectivity index is 2.23. The molecule has 3 rings (SSSR count). The van der Waals surface area contributed by atoms with Gasteiger partial charge in [-0.2, -0.15) is 0 Å². The van der Waals surface area contributed by atoms with Gasteiger partial charge in [0, 0.05) is 34.9 Å². The molecule has 0 atom stereocenters. The van der Waals surface area contributed by atoms with E-state index in [-0.39, 0.29) is 6.42 Å². The molecule has 0 amide bonds. The van der Waals surface area contributed by atoms with Gasteiger partial charge in [-0.1, -0.05) is 25.4 Å². The summed E-state index contributed by atoms with van der Waals surface area (Å²) in [6.45, 7) is 5.05. The third-order valence-corrected chi connectivity index (χ3v) is 4.41. The number of carboxylic acids is 1. The molecule has 2 aliphatic heterocycles. The Morgan fingerprint density at radius 3 is 2.45 bits per heavy atom. The first-order valence-electron chi connectivity index (χ1n) is 6.77. The monoisotopic (exact) mass is 296 g/mol. The molecular weight excluding hydrogens is 280 g/mol. The summed E-state index contributed by atoms with van der Waals surface area (Å²) < 4.78 is 11.4. The molecule has 0 saturated carbocycles. The zero-order valence-corrected chi connectivity index (χ0v) is 12.3. The second-order valence-electron chi connectivity index (χ2n) is 5.96. The second-order valence-corrected chi connectivity index (χ2v) is 6.33. The molecule has 108 valence electrons. The van der Waals surface area contributed by atoms with Crippen molar-refractivity contribution in [1.29, 1.82) is 0 Å². The summed E-state index contributed by atoms with van der Waals surface area (Å²) in [5.41, 5.74) is 2.43. The van der Waals surface area contributed by atoms with Crippen LogP contribution in [0.3, 0.4) is 0 Å². The molecule has 0 unspecified atom stereocenters. The first-order valence-corrected chi connectivity index (χ1v) is 7.14. The van der Waals surface area contributed by atoms with Crippen LogP contribution in [0.15, 0.2) is 0 Å². The lowest BCUT2D eigenvalue weighted by Gasteiger charge is -2.28. The maximum absolute atomic E-state index is 11.2. The number of hydrogen-bond acceptors (Lipinski definition) is 3. The van der Waals surface area contributed by atoms with Crippen molar-refractivity contribution in [3.63, 3.8) is 0 Å². The number of halogens is 1. The second kappa shape index (κ2) is 4.55. The maximum Gasteiger partial charge on any atom is 0.304 e. The number of benzene rings is 1. The zero-order valence-electron chi connectivity index (χ0n) is 11.6. The van der Waals surface area contributed by atoms with Crippen LogP contribution in [-0.4, -0.2) is 24.3 Å². The van der Waals surface area contributed by atoms with Crippen LogP contribution in [0.4, 0.5) is 0 Å². The molecular formula is C15H17ClO4. The van der Waals surface area contributed by atoms with E-state index in [9.17, 15) is 4.79 Å². The summed E-state index contributed by atoms with van der Waals surface area (Å²) in [4.78, 5) is 11.2. The van der Waals surface area contributed by atoms with E-state index in [0.717, 1.165) is 41.0 Å². The number of hydrogen-bond donors (Lipinski definition) is 1. The van der Waals surface area contributed by atoms with E-state index < -0.39 is 11.4 Å². The van der Waals surface area contributed by atoms with Gasteiger partial charge in [0.1, 0.15) is 11.5 Å². The Morgan fingerprint density at radius 1 is 1.20 bits per heavy atom. The Morgan fingerprint density at radius 2 is 1.80 bits per heavy atom. The topological polar surface area (TPSA) is 55.8 Å². The highest BCUT2D eigenvalue weighted by Gasteiger charge is 2.38. The van der Waals surface area contributed by atoms with Crippen LogP contribution in [0, 0.1) is 0 Å². The normalized spacial score (nSPS) is 16.4. The van der Waals surface area contributed by atoms with Gasteiger partial charge in [0.2, 0.25) is 0 Å². The van der Waals surface area contributed by atoms with Crippen LogP contribution in [0.1, 0.15) is 37.0 Å². The fraction of sp³-hybridized carbons (Fsp3) is 0.533. The molecule has 0 aromatic heterocycles. The Hall–Kier alpha value is -1.42. The van der Waals surface area contributed by atoms with Crippen molar-refractivity contribution in [2.75, 3.05) is 13.2 Å². The van der Waals surface area contributed by atoms with Crippen molar-refractivity contribution in [3.05, 3.63) is 21.7 Å². The van der Waals surface area contributed by atoms with Crippen LogP contribution in [0.5, 0.6) is 11.5 Å². The third-order valence-electron chi connectivity index (χ3n) is 4.01. The smallest absolute Gasteiger partial charge is 0.304 e. The minimum atomic E-state index is -0.815. The molecule has 0 bridgehead atoms. The summed E-state index contributed by atoms with van der Waals surface area (Å²) in [6.07, 6.45) is 1.56. The minimum absolute atomic E-state index is 0.0525. The van der Waals surface area contributed by atoms with Gasteiger partial charge in [-0.15, -0.1) is 0 Å². The SMILES string of the molecule is CC(C)(CC(=O)O)c1c2c(c(Cl)c3c1OCC3)OCC2. The first kappa shape index (κ1) is 13.6. The van der Waals surface area contributed by atoms with Gasteiger partial charge in [-0.05, 0) is 0 Å². The lowest BCUT2D eigenvalue weighted by atomic mass is 9.77. The van der Waals surface area contributed by atoms with Crippen molar-refractivity contribution in [2.45, 2.75) is 38.5 Å². The first-order chi connectivity index (χ1) is 9.42. The third kappa shape index (κ3) is 1.94. The lowest BCUT2D eigenvalue weighted by Crippen LogP contribution is -2.24. The van der Waals surface area contributed by atoms with E-state index in [4.69, 9.17) is 26.2 Å². The van der Waals surface area contributed by atoms with Gasteiger partial charge in [-0.25, -0.2) is 0 Å². The van der Waals surface area contributed by atoms with Gasteiger partial charge in [-0.3, -0.25) is 4.79 Å². The Kier molecular flexibility index (Phi) is 3.09. The fourth-order valence-corrected chi connectivity index (χ4v) is 3.58. The molecule has 5 heteroatoms. The molecule has 1 aromatic rings. The average Bonchev–Trinajstić information content (AvgIpc) is 2.94. The van der Waals surface area contributed by atoms with Crippen molar-refractivity contribution in [2.24, 2.45) is 0 Å². The molecule has 0 fully saturated rings. The van der Waals surface area contributed by atoms with E-state index >= 15 is 0 Å². The fourth-order valence-electron chi connectivity index (χ4n) is 3.23. The number of carboxylic acid groups (broad SMARTS) is 1. The number of aliphatic carboxylic acids is 1. The molecule has 0 spiro atoms. The van der Waals surface area contributed by atoms with E-state index in [1.807, 2.05) is 13.8 Å². The van der Waals surface area contributed by atoms with Gasteiger partial charge < -0.3 is 14.6 Å². The van der Waals surface area contributed by atoms with Crippen molar-refractivity contribution in [3.8, 4) is 11.5 Å². The molecule has 4 nitrogen and oxygen atoms in total. The summed E-state index contributed by atoms with van der Waals surface area (Å²) >= 11 is 6.41. The van der Waals surface area contributed by atoms with E-state index in [0.29, 0.717) is 18.2 Å². The molecule has 0 radical (unpaired) electrons. The predicted octanol–water partition coefficient (Wildman–Crippen LogP) is 2.96. The summed E-state index contributed by atoms with van der Waals surface area (Å²) in [6, 6.07) is 0. The lowest BCUT2D eigenvalue weighted by molar-refractivity contribution is -0.138. The average molecular weight is 297 g/mol. The molecule has 0 aliphatic carbocycles. The molecule has 1 aromatic carbocycles. The molecule has 20 heavy (non-hydrogen) atoms. The van der Waals surface area contributed by atoms with Crippen LogP contribution in [-0.2, 0) is 23.1 Å². The van der Waals surface area contributed by atoms with Gasteiger partial charge in [0.15, 0.2) is 0 Å². The standard InChI is InChI=1S/C15H17ClO4/c1-15(2,7-10(17)18)11-8-3-5-20-14(8)12(16)9-4-6-19-13(9)11/h3-7H2,1-2H3,(H,17,18). The zero-order chi connectivity index (χ0) is 14.5. The highest BCUT2D eigenvalue weighted by Crippen LogP contribution is 2.51. The summed E-state index contributed by atoms with van der Waals surface area (Å²) in [5.74, 6) is 0.694. The van der Waals surface area contributed by atoms with Gasteiger partial charge >= 0.3 is 5.97 Å². The van der Waals surface area contributed by atoms with E-state index in [2.05, 4.69) is 0 Å². The number of carbonyl (C=O) groups is 1. The van der Waals surface area contributed by atoms with E-state index in [1.54, 1.807) is 0 Å². The molecule has 2 heterocycles. The molecule has 1 N–H and O–H groups in total. The Labute approximate surface area is 122 Å². The van der Waals surface area contributed by atoms with Crippen LogP contribution >= 0.6 is 11.6 Å². The maximum atomic E-state index is 11.2. The minimum Gasteiger partial charge on any atom is -0.493 e.